The SMILES string of the molecule is O=C(O)CN(CC1CC1)C(=O)C1C2CCCC21. The fourth-order valence-corrected chi connectivity index (χ4v) is 3.41. The Labute approximate surface area is 101 Å². The molecule has 3 aliphatic carbocycles. The molecule has 0 aliphatic heterocycles. The highest BCUT2D eigenvalue weighted by atomic mass is 16.4. The van der Waals surface area contributed by atoms with E-state index in [1.807, 2.05) is 0 Å². The van der Waals surface area contributed by atoms with E-state index in [1.54, 1.807) is 4.90 Å². The van der Waals surface area contributed by atoms with Gasteiger partial charge in [0.1, 0.15) is 6.54 Å². The van der Waals surface area contributed by atoms with Crippen LogP contribution in [-0.4, -0.2) is 35.0 Å². The minimum atomic E-state index is -0.884. The smallest absolute Gasteiger partial charge is 0.323 e. The Kier molecular flexibility index (Phi) is 2.60. The second-order valence-corrected chi connectivity index (χ2v) is 5.84. The number of aliphatic carboxylic acids is 1. The summed E-state index contributed by atoms with van der Waals surface area (Å²) >= 11 is 0. The first kappa shape index (κ1) is 11.1. The van der Waals surface area contributed by atoms with Crippen molar-refractivity contribution in [2.75, 3.05) is 13.1 Å². The zero-order valence-corrected chi connectivity index (χ0v) is 9.97. The lowest BCUT2D eigenvalue weighted by Gasteiger charge is -2.21. The molecule has 4 nitrogen and oxygen atoms in total. The summed E-state index contributed by atoms with van der Waals surface area (Å²) in [4.78, 5) is 24.7. The molecule has 3 saturated carbocycles. The molecule has 0 heterocycles. The van der Waals surface area contributed by atoms with E-state index in [0.29, 0.717) is 24.3 Å². The van der Waals surface area contributed by atoms with Crippen LogP contribution in [0, 0.1) is 23.7 Å². The van der Waals surface area contributed by atoms with E-state index >= 15 is 0 Å². The maximum atomic E-state index is 12.3. The third-order valence-corrected chi connectivity index (χ3v) is 4.50. The predicted octanol–water partition coefficient (Wildman–Crippen LogP) is 1.36. The minimum absolute atomic E-state index is 0.106. The quantitative estimate of drug-likeness (QED) is 0.785. The fraction of sp³-hybridized carbons (Fsp3) is 0.846. The van der Waals surface area contributed by atoms with Gasteiger partial charge in [-0.1, -0.05) is 6.42 Å². The molecular formula is C13H19NO3. The third-order valence-electron chi connectivity index (χ3n) is 4.50. The van der Waals surface area contributed by atoms with Crippen LogP contribution in [0.3, 0.4) is 0 Å². The molecule has 0 radical (unpaired) electrons. The summed E-state index contributed by atoms with van der Waals surface area (Å²) in [5.41, 5.74) is 0. The highest BCUT2D eigenvalue weighted by molar-refractivity contribution is 5.85. The molecule has 0 aromatic rings. The minimum Gasteiger partial charge on any atom is -0.480 e. The maximum absolute atomic E-state index is 12.3. The summed E-state index contributed by atoms with van der Waals surface area (Å²) < 4.78 is 0. The van der Waals surface area contributed by atoms with Gasteiger partial charge >= 0.3 is 5.97 Å². The van der Waals surface area contributed by atoms with Crippen LogP contribution < -0.4 is 0 Å². The van der Waals surface area contributed by atoms with E-state index in [-0.39, 0.29) is 18.4 Å². The number of carbonyl (C=O) groups excluding carboxylic acids is 1. The average molecular weight is 237 g/mol. The van der Waals surface area contributed by atoms with Gasteiger partial charge < -0.3 is 10.0 Å². The molecule has 0 aromatic heterocycles. The highest BCUT2D eigenvalue weighted by Crippen LogP contribution is 2.58. The van der Waals surface area contributed by atoms with E-state index < -0.39 is 5.97 Å². The van der Waals surface area contributed by atoms with Crippen LogP contribution in [-0.2, 0) is 9.59 Å². The Morgan fingerprint density at radius 1 is 1.12 bits per heavy atom. The Hall–Kier alpha value is -1.06. The average Bonchev–Trinajstić information content (AvgIpc) is 3.17. The summed E-state index contributed by atoms with van der Waals surface area (Å²) in [6.45, 7) is 0.562. The number of amides is 1. The second kappa shape index (κ2) is 4.00. The summed E-state index contributed by atoms with van der Waals surface area (Å²) in [7, 11) is 0. The van der Waals surface area contributed by atoms with Crippen LogP contribution in [0.1, 0.15) is 32.1 Å². The van der Waals surface area contributed by atoms with E-state index in [0.717, 1.165) is 12.8 Å². The zero-order valence-electron chi connectivity index (χ0n) is 9.97. The van der Waals surface area contributed by atoms with Crippen LogP contribution in [0.25, 0.3) is 0 Å². The van der Waals surface area contributed by atoms with Gasteiger partial charge in [0.2, 0.25) is 5.91 Å². The van der Waals surface area contributed by atoms with Gasteiger partial charge in [-0.3, -0.25) is 9.59 Å². The van der Waals surface area contributed by atoms with E-state index in [1.165, 1.54) is 19.3 Å². The zero-order chi connectivity index (χ0) is 12.0. The first-order valence-electron chi connectivity index (χ1n) is 6.67. The number of carboxylic acids is 1. The second-order valence-electron chi connectivity index (χ2n) is 5.84. The van der Waals surface area contributed by atoms with Crippen LogP contribution in [0.4, 0.5) is 0 Å². The lowest BCUT2D eigenvalue weighted by molar-refractivity contribution is -0.145. The van der Waals surface area contributed by atoms with Gasteiger partial charge in [0.15, 0.2) is 0 Å². The molecule has 0 bridgehead atoms. The fourth-order valence-electron chi connectivity index (χ4n) is 3.41. The van der Waals surface area contributed by atoms with Gasteiger partial charge in [-0.05, 0) is 43.4 Å². The molecule has 0 spiro atoms. The van der Waals surface area contributed by atoms with E-state index in [2.05, 4.69) is 0 Å². The van der Waals surface area contributed by atoms with Crippen LogP contribution in [0.2, 0.25) is 0 Å². The van der Waals surface area contributed by atoms with Gasteiger partial charge in [0, 0.05) is 12.5 Å². The number of rotatable bonds is 5. The number of carboxylic acid groups (broad SMARTS) is 1. The number of hydrogen-bond acceptors (Lipinski definition) is 2. The molecule has 0 saturated heterocycles. The monoisotopic (exact) mass is 237 g/mol. The predicted molar refractivity (Wildman–Crippen MR) is 61.3 cm³/mol. The van der Waals surface area contributed by atoms with Crippen molar-refractivity contribution in [1.29, 1.82) is 0 Å². The lowest BCUT2D eigenvalue weighted by Crippen LogP contribution is -2.39. The van der Waals surface area contributed by atoms with Crippen molar-refractivity contribution in [3.8, 4) is 0 Å². The third kappa shape index (κ3) is 2.17. The molecule has 1 amide bonds. The number of hydrogen-bond donors (Lipinski definition) is 1. The topological polar surface area (TPSA) is 57.6 Å². The van der Waals surface area contributed by atoms with Gasteiger partial charge in [-0.25, -0.2) is 0 Å². The Balaban J connectivity index is 1.61. The van der Waals surface area contributed by atoms with Crippen molar-refractivity contribution in [3.05, 3.63) is 0 Å². The van der Waals surface area contributed by atoms with Crippen molar-refractivity contribution in [2.24, 2.45) is 23.7 Å². The van der Waals surface area contributed by atoms with Crippen molar-refractivity contribution in [1.82, 2.24) is 4.90 Å². The first-order chi connectivity index (χ1) is 8.16. The summed E-state index contributed by atoms with van der Waals surface area (Å²) in [5.74, 6) is 1.13. The molecule has 3 fully saturated rings. The molecule has 1 N–H and O–H groups in total. The largest absolute Gasteiger partial charge is 0.480 e. The van der Waals surface area contributed by atoms with E-state index in [4.69, 9.17) is 5.11 Å². The molecule has 4 heteroatoms. The summed E-state index contributed by atoms with van der Waals surface area (Å²) in [6.07, 6.45) is 5.90. The van der Waals surface area contributed by atoms with Gasteiger partial charge in [0.05, 0.1) is 0 Å². The highest BCUT2D eigenvalue weighted by Gasteiger charge is 2.57. The molecular weight excluding hydrogens is 218 g/mol. The van der Waals surface area contributed by atoms with Crippen molar-refractivity contribution in [2.45, 2.75) is 32.1 Å². The summed E-state index contributed by atoms with van der Waals surface area (Å²) in [6, 6.07) is 0. The Morgan fingerprint density at radius 3 is 2.29 bits per heavy atom. The maximum Gasteiger partial charge on any atom is 0.323 e. The number of carbonyl (C=O) groups is 2. The van der Waals surface area contributed by atoms with Crippen LogP contribution >= 0.6 is 0 Å². The lowest BCUT2D eigenvalue weighted by atomic mass is 10.1. The summed E-state index contributed by atoms with van der Waals surface area (Å²) in [5, 5.41) is 8.88. The number of fused-ring (bicyclic) bond motifs is 1. The normalized spacial score (nSPS) is 34.2. The molecule has 2 atom stereocenters. The standard InChI is InChI=1S/C13H19NO3/c15-11(16)7-14(6-8-4-5-8)13(17)12-9-2-1-3-10(9)12/h8-10,12H,1-7H2,(H,15,16). The Morgan fingerprint density at radius 2 is 1.76 bits per heavy atom. The van der Waals surface area contributed by atoms with E-state index in [9.17, 15) is 9.59 Å². The van der Waals surface area contributed by atoms with Crippen molar-refractivity contribution < 1.29 is 14.7 Å². The van der Waals surface area contributed by atoms with Crippen molar-refractivity contribution >= 4 is 11.9 Å². The molecule has 3 aliphatic rings. The van der Waals surface area contributed by atoms with Crippen LogP contribution in [0.5, 0.6) is 0 Å². The van der Waals surface area contributed by atoms with Gasteiger partial charge in [0.25, 0.3) is 0 Å². The molecule has 94 valence electrons. The molecule has 2 unspecified atom stereocenters. The van der Waals surface area contributed by atoms with Crippen LogP contribution in [0.15, 0.2) is 0 Å². The van der Waals surface area contributed by atoms with Gasteiger partial charge in [-0.2, -0.15) is 0 Å². The Bertz CT molecular complexity index is 341. The van der Waals surface area contributed by atoms with Gasteiger partial charge in [-0.15, -0.1) is 0 Å². The number of nitrogens with zero attached hydrogens (tertiary/aromatic N) is 1. The molecule has 0 aromatic carbocycles. The van der Waals surface area contributed by atoms with Crippen molar-refractivity contribution in [3.63, 3.8) is 0 Å². The molecule has 3 rings (SSSR count). The molecule has 17 heavy (non-hydrogen) atoms. The first-order valence-corrected chi connectivity index (χ1v) is 6.67.